The number of carbonyl (C=O) groups is 1. The third-order valence-corrected chi connectivity index (χ3v) is 4.18. The Hall–Kier alpha value is -2.00. The van der Waals surface area contributed by atoms with Gasteiger partial charge in [0.2, 0.25) is 5.91 Å². The Balaban J connectivity index is 1.87. The molecule has 21 heavy (non-hydrogen) atoms. The predicted octanol–water partition coefficient (Wildman–Crippen LogP) is 3.90. The second kappa shape index (κ2) is 5.78. The number of amides is 1. The Morgan fingerprint density at radius 3 is 2.67 bits per heavy atom. The summed E-state index contributed by atoms with van der Waals surface area (Å²) < 4.78 is 0. The number of fused-ring (bicyclic) bond motifs is 1. The van der Waals surface area contributed by atoms with Crippen LogP contribution in [0.25, 0.3) is 0 Å². The van der Waals surface area contributed by atoms with Crippen LogP contribution in [0.4, 0.5) is 11.4 Å². The molecule has 3 nitrogen and oxygen atoms in total. The van der Waals surface area contributed by atoms with E-state index in [2.05, 4.69) is 5.32 Å². The summed E-state index contributed by atoms with van der Waals surface area (Å²) in [6.45, 7) is 0.821. The quantitative estimate of drug-likeness (QED) is 0.912. The van der Waals surface area contributed by atoms with Crippen molar-refractivity contribution in [1.82, 2.24) is 0 Å². The average molecular weight is 301 g/mol. The summed E-state index contributed by atoms with van der Waals surface area (Å²) in [4.78, 5) is 14.5. The van der Waals surface area contributed by atoms with Gasteiger partial charge in [-0.3, -0.25) is 4.79 Å². The molecule has 0 saturated heterocycles. The van der Waals surface area contributed by atoms with E-state index in [4.69, 9.17) is 11.6 Å². The van der Waals surface area contributed by atoms with E-state index in [1.165, 1.54) is 0 Å². The number of carbonyl (C=O) groups excluding carboxylic acids is 1. The molecule has 1 aliphatic heterocycles. The molecule has 0 aliphatic carbocycles. The molecule has 4 heteroatoms. The van der Waals surface area contributed by atoms with Gasteiger partial charge in [-0.1, -0.05) is 29.8 Å². The molecule has 0 bridgehead atoms. The number of likely N-dealkylation sites (N-methyl/N-ethyl adjacent to an activating group) is 1. The summed E-state index contributed by atoms with van der Waals surface area (Å²) in [7, 11) is 1.82. The van der Waals surface area contributed by atoms with Gasteiger partial charge in [-0.2, -0.15) is 0 Å². The van der Waals surface area contributed by atoms with Crippen LogP contribution in [0, 0.1) is 0 Å². The molecule has 1 atom stereocenters. The summed E-state index contributed by atoms with van der Waals surface area (Å²) in [6.07, 6.45) is 0.813. The maximum absolute atomic E-state index is 12.8. The van der Waals surface area contributed by atoms with Crippen molar-refractivity contribution in [1.29, 1.82) is 0 Å². The van der Waals surface area contributed by atoms with Gasteiger partial charge in [-0.25, -0.2) is 0 Å². The smallest absolute Gasteiger partial charge is 0.234 e. The van der Waals surface area contributed by atoms with Crippen LogP contribution in [0.3, 0.4) is 0 Å². The highest BCUT2D eigenvalue weighted by atomic mass is 35.5. The Kier molecular flexibility index (Phi) is 3.84. The zero-order valence-electron chi connectivity index (χ0n) is 11.8. The van der Waals surface area contributed by atoms with Gasteiger partial charge in [0.1, 0.15) is 0 Å². The van der Waals surface area contributed by atoms with Crippen LogP contribution in [0.15, 0.2) is 48.5 Å². The van der Waals surface area contributed by atoms with Gasteiger partial charge in [0.15, 0.2) is 0 Å². The van der Waals surface area contributed by atoms with Gasteiger partial charge in [0.05, 0.1) is 5.92 Å². The first-order valence-corrected chi connectivity index (χ1v) is 7.40. The Morgan fingerprint density at radius 2 is 1.90 bits per heavy atom. The Labute approximate surface area is 129 Å². The average Bonchev–Trinajstić information content (AvgIpc) is 2.53. The first-order chi connectivity index (χ1) is 10.2. The molecule has 0 spiro atoms. The van der Waals surface area contributed by atoms with E-state index >= 15 is 0 Å². The number of nitrogens with zero attached hydrogens (tertiary/aromatic N) is 1. The minimum absolute atomic E-state index is 0.0943. The van der Waals surface area contributed by atoms with E-state index in [1.54, 1.807) is 17.0 Å². The molecule has 1 heterocycles. The van der Waals surface area contributed by atoms with Gasteiger partial charge in [0, 0.05) is 30.0 Å². The lowest BCUT2D eigenvalue weighted by atomic mass is 9.90. The highest BCUT2D eigenvalue weighted by Crippen LogP contribution is 2.33. The molecule has 0 fully saturated rings. The zero-order valence-corrected chi connectivity index (χ0v) is 12.6. The van der Waals surface area contributed by atoms with E-state index in [-0.39, 0.29) is 11.8 Å². The van der Waals surface area contributed by atoms with Crippen molar-refractivity contribution in [2.75, 3.05) is 23.8 Å². The van der Waals surface area contributed by atoms with Crippen LogP contribution in [0.2, 0.25) is 5.02 Å². The van der Waals surface area contributed by atoms with Crippen LogP contribution < -0.4 is 10.2 Å². The monoisotopic (exact) mass is 300 g/mol. The fourth-order valence-corrected chi connectivity index (χ4v) is 2.88. The van der Waals surface area contributed by atoms with E-state index in [0.717, 1.165) is 29.9 Å². The van der Waals surface area contributed by atoms with Crippen molar-refractivity contribution in [3.63, 3.8) is 0 Å². The molecule has 0 saturated carbocycles. The summed E-state index contributed by atoms with van der Waals surface area (Å²) >= 11 is 5.90. The topological polar surface area (TPSA) is 32.3 Å². The number of hydrogen-bond donors (Lipinski definition) is 1. The van der Waals surface area contributed by atoms with Crippen molar-refractivity contribution in [3.05, 3.63) is 59.1 Å². The lowest BCUT2D eigenvalue weighted by Gasteiger charge is -2.29. The lowest BCUT2D eigenvalue weighted by molar-refractivity contribution is -0.119. The van der Waals surface area contributed by atoms with Gasteiger partial charge >= 0.3 is 0 Å². The van der Waals surface area contributed by atoms with Crippen molar-refractivity contribution < 1.29 is 4.79 Å². The number of benzene rings is 2. The fourth-order valence-electron chi connectivity index (χ4n) is 2.75. The first-order valence-electron chi connectivity index (χ1n) is 7.03. The number of rotatable bonds is 2. The number of nitrogens with one attached hydrogen (secondary N) is 1. The van der Waals surface area contributed by atoms with Crippen LogP contribution in [-0.4, -0.2) is 19.5 Å². The van der Waals surface area contributed by atoms with E-state index in [1.807, 2.05) is 43.4 Å². The predicted molar refractivity (Wildman–Crippen MR) is 87.2 cm³/mol. The van der Waals surface area contributed by atoms with E-state index in [0.29, 0.717) is 5.02 Å². The molecule has 0 radical (unpaired) electrons. The number of para-hydroxylation sites is 1. The van der Waals surface area contributed by atoms with Crippen LogP contribution in [-0.2, 0) is 4.79 Å². The Bertz CT molecular complexity index is 654. The van der Waals surface area contributed by atoms with Gasteiger partial charge < -0.3 is 10.2 Å². The van der Waals surface area contributed by atoms with Crippen molar-refractivity contribution in [2.24, 2.45) is 0 Å². The zero-order chi connectivity index (χ0) is 14.8. The number of anilines is 2. The molecular formula is C17H17ClN2O. The minimum atomic E-state index is -0.0943. The first kappa shape index (κ1) is 14.0. The largest absolute Gasteiger partial charge is 0.385 e. The summed E-state index contributed by atoms with van der Waals surface area (Å²) in [5.74, 6) is 0.0226. The fraction of sp³-hybridized carbons (Fsp3) is 0.235. The van der Waals surface area contributed by atoms with Crippen molar-refractivity contribution in [3.8, 4) is 0 Å². The maximum Gasteiger partial charge on any atom is 0.234 e. The molecular weight excluding hydrogens is 284 g/mol. The molecule has 1 N–H and O–H groups in total. The molecule has 0 aromatic heterocycles. The summed E-state index contributed by atoms with van der Waals surface area (Å²) in [6, 6.07) is 15.4. The maximum atomic E-state index is 12.8. The van der Waals surface area contributed by atoms with Crippen LogP contribution in [0.1, 0.15) is 17.9 Å². The Morgan fingerprint density at radius 1 is 1.19 bits per heavy atom. The highest BCUT2D eigenvalue weighted by molar-refractivity contribution is 6.30. The highest BCUT2D eigenvalue weighted by Gasteiger charge is 2.28. The lowest BCUT2D eigenvalue weighted by Crippen LogP contribution is -2.34. The molecule has 1 aliphatic rings. The number of halogens is 1. The van der Waals surface area contributed by atoms with Gasteiger partial charge in [-0.05, 0) is 42.3 Å². The molecule has 1 unspecified atom stereocenters. The molecule has 108 valence electrons. The van der Waals surface area contributed by atoms with Crippen LogP contribution >= 0.6 is 11.6 Å². The third-order valence-electron chi connectivity index (χ3n) is 3.93. The third kappa shape index (κ3) is 2.74. The molecule has 2 aromatic rings. The van der Waals surface area contributed by atoms with Gasteiger partial charge in [-0.15, -0.1) is 0 Å². The normalized spacial score (nSPS) is 16.8. The minimum Gasteiger partial charge on any atom is -0.385 e. The van der Waals surface area contributed by atoms with Gasteiger partial charge in [0.25, 0.3) is 0 Å². The standard InChI is InChI=1S/C17H17ClN2O/c1-20(13-8-6-12(18)7-9-13)17(21)15-10-11-19-16-5-3-2-4-14(15)16/h2-9,15,19H,10-11H2,1H3. The summed E-state index contributed by atoms with van der Waals surface area (Å²) in [5.41, 5.74) is 3.00. The van der Waals surface area contributed by atoms with Crippen LogP contribution in [0.5, 0.6) is 0 Å². The summed E-state index contributed by atoms with van der Waals surface area (Å²) in [5, 5.41) is 4.02. The molecule has 2 aromatic carbocycles. The van der Waals surface area contributed by atoms with Crippen molar-refractivity contribution >= 4 is 28.9 Å². The molecule has 1 amide bonds. The van der Waals surface area contributed by atoms with E-state index in [9.17, 15) is 4.79 Å². The second-order valence-electron chi connectivity index (χ2n) is 5.23. The van der Waals surface area contributed by atoms with E-state index < -0.39 is 0 Å². The van der Waals surface area contributed by atoms with Crippen molar-refractivity contribution in [2.45, 2.75) is 12.3 Å². The SMILES string of the molecule is CN(C(=O)C1CCNc2ccccc21)c1ccc(Cl)cc1. The number of hydrogen-bond acceptors (Lipinski definition) is 2. The molecule has 3 rings (SSSR count). The second-order valence-corrected chi connectivity index (χ2v) is 5.67.